The summed E-state index contributed by atoms with van der Waals surface area (Å²) in [5, 5.41) is 9.52. The second kappa shape index (κ2) is 9.94. The molecule has 0 saturated carbocycles. The van der Waals surface area contributed by atoms with Crippen LogP contribution >= 0.6 is 12.2 Å². The molecular formula is C31H31N7S. The van der Waals surface area contributed by atoms with Gasteiger partial charge in [-0.3, -0.25) is 10.3 Å². The van der Waals surface area contributed by atoms with Crippen LogP contribution in [0.3, 0.4) is 0 Å². The molecule has 0 unspecified atom stereocenters. The van der Waals surface area contributed by atoms with E-state index in [1.165, 1.54) is 22.2 Å². The van der Waals surface area contributed by atoms with E-state index in [4.69, 9.17) is 17.2 Å². The minimum absolute atomic E-state index is 0.0886. The Bertz CT molecular complexity index is 1600. The third-order valence-electron chi connectivity index (χ3n) is 8.20. The number of nitrogens with one attached hydrogen (secondary N) is 4. The highest BCUT2D eigenvalue weighted by atomic mass is 32.1. The van der Waals surface area contributed by atoms with E-state index in [2.05, 4.69) is 85.1 Å². The molecule has 3 aliphatic rings. The van der Waals surface area contributed by atoms with E-state index in [9.17, 15) is 0 Å². The number of aromatic amines is 2. The van der Waals surface area contributed by atoms with Gasteiger partial charge in [0.15, 0.2) is 5.11 Å². The molecule has 39 heavy (non-hydrogen) atoms. The van der Waals surface area contributed by atoms with Crippen molar-refractivity contribution in [2.75, 3.05) is 13.1 Å². The van der Waals surface area contributed by atoms with Gasteiger partial charge in [0.25, 0.3) is 0 Å². The highest BCUT2D eigenvalue weighted by Crippen LogP contribution is 2.44. The van der Waals surface area contributed by atoms with Crippen molar-refractivity contribution in [2.45, 2.75) is 37.3 Å². The van der Waals surface area contributed by atoms with Crippen molar-refractivity contribution in [3.05, 3.63) is 102 Å². The Morgan fingerprint density at radius 3 is 2.72 bits per heavy atom. The first-order valence-corrected chi connectivity index (χ1v) is 14.0. The molecule has 7 nitrogen and oxygen atoms in total. The molecule has 2 aromatic heterocycles. The van der Waals surface area contributed by atoms with E-state index in [1.54, 1.807) is 0 Å². The van der Waals surface area contributed by atoms with Crippen molar-refractivity contribution in [2.24, 2.45) is 4.99 Å². The van der Waals surface area contributed by atoms with Gasteiger partial charge in [-0.15, -0.1) is 0 Å². The number of thiocarbonyl (C=S) groups is 1. The fraction of sp³-hybridized carbons (Fsp3) is 0.258. The summed E-state index contributed by atoms with van der Waals surface area (Å²) < 4.78 is 0. The standard InChI is InChI=1S/C31H31N7S/c39-30(34-22-10-6-7-15-32-19-22)38-16-13-31(14-17-38)28-24(23-11-4-5-12-25(23)35-28)18-26(37-31)29-33-20-27(36-29)21-8-2-1-3-9-21/h1-5,7-12,15,19-20,26,35,37H,6,13-14,16-18H2,(H,33,36)(H,34,39)/t26-/m1/s1. The molecule has 1 saturated heterocycles. The molecule has 0 radical (unpaired) electrons. The smallest absolute Gasteiger partial charge is 0.173 e. The molecule has 0 amide bonds. The zero-order valence-electron chi connectivity index (χ0n) is 21.7. The molecule has 4 aromatic rings. The lowest BCUT2D eigenvalue weighted by Gasteiger charge is -2.47. The molecule has 0 aliphatic carbocycles. The van der Waals surface area contributed by atoms with Gasteiger partial charge < -0.3 is 20.2 Å². The monoisotopic (exact) mass is 533 g/mol. The first-order chi connectivity index (χ1) is 19.2. The lowest BCUT2D eigenvalue weighted by molar-refractivity contribution is 0.150. The van der Waals surface area contributed by atoms with Crippen molar-refractivity contribution in [3.8, 4) is 11.3 Å². The van der Waals surface area contributed by atoms with E-state index in [0.29, 0.717) is 0 Å². The van der Waals surface area contributed by atoms with Gasteiger partial charge in [0.2, 0.25) is 0 Å². The van der Waals surface area contributed by atoms with Crippen molar-refractivity contribution in [3.63, 3.8) is 0 Å². The van der Waals surface area contributed by atoms with Crippen LogP contribution in [0.5, 0.6) is 0 Å². The number of para-hydroxylation sites is 1. The first kappa shape index (κ1) is 24.1. The molecule has 196 valence electrons. The SMILES string of the molecule is S=C(NC1=CCC=CN=C1)N1CCC2(CC1)N[C@@H](c1ncc(-c3ccccc3)[nH]1)Cc1c2[nH]c2ccccc12. The molecule has 2 aromatic carbocycles. The van der Waals surface area contributed by atoms with Gasteiger partial charge in [-0.25, -0.2) is 4.98 Å². The Hall–Kier alpha value is -4.01. The van der Waals surface area contributed by atoms with Crippen LogP contribution < -0.4 is 10.6 Å². The first-order valence-electron chi connectivity index (χ1n) is 13.6. The number of nitrogens with zero attached hydrogens (tertiary/aromatic N) is 3. The van der Waals surface area contributed by atoms with Crippen LogP contribution in [-0.4, -0.2) is 44.3 Å². The summed E-state index contributed by atoms with van der Waals surface area (Å²) >= 11 is 5.82. The van der Waals surface area contributed by atoms with Crippen LogP contribution in [0, 0.1) is 0 Å². The van der Waals surface area contributed by atoms with Gasteiger partial charge in [0, 0.05) is 35.9 Å². The van der Waals surface area contributed by atoms with Crippen LogP contribution in [0.15, 0.2) is 89.8 Å². The van der Waals surface area contributed by atoms with Gasteiger partial charge >= 0.3 is 0 Å². The minimum atomic E-state index is -0.184. The number of aliphatic imine (C=N–C) groups is 1. The van der Waals surface area contributed by atoms with Crippen molar-refractivity contribution < 1.29 is 0 Å². The van der Waals surface area contributed by atoms with Crippen LogP contribution in [0.2, 0.25) is 0 Å². The highest BCUT2D eigenvalue weighted by Gasteiger charge is 2.45. The maximum Gasteiger partial charge on any atom is 0.173 e. The number of fused-ring (bicyclic) bond motifs is 4. The van der Waals surface area contributed by atoms with Gasteiger partial charge in [-0.05, 0) is 55.1 Å². The zero-order chi connectivity index (χ0) is 26.2. The number of hydrogen-bond donors (Lipinski definition) is 4. The average molecular weight is 534 g/mol. The molecule has 8 heteroatoms. The Labute approximate surface area is 233 Å². The molecule has 7 rings (SSSR count). The zero-order valence-corrected chi connectivity index (χ0v) is 22.5. The number of hydrogen-bond acceptors (Lipinski definition) is 4. The number of benzene rings is 2. The van der Waals surface area contributed by atoms with Crippen molar-refractivity contribution in [1.29, 1.82) is 0 Å². The number of H-pyrrole nitrogens is 2. The molecule has 1 atom stereocenters. The number of imidazole rings is 1. The molecule has 4 N–H and O–H groups in total. The lowest BCUT2D eigenvalue weighted by Crippen LogP contribution is -2.57. The largest absolute Gasteiger partial charge is 0.357 e. The summed E-state index contributed by atoms with van der Waals surface area (Å²) in [7, 11) is 0. The summed E-state index contributed by atoms with van der Waals surface area (Å²) in [5.41, 5.74) is 6.87. The maximum absolute atomic E-state index is 5.82. The Morgan fingerprint density at radius 1 is 1.03 bits per heavy atom. The van der Waals surface area contributed by atoms with Crippen LogP contribution in [-0.2, 0) is 12.0 Å². The summed E-state index contributed by atoms with van der Waals surface area (Å²) in [4.78, 5) is 18.8. The third-order valence-corrected chi connectivity index (χ3v) is 8.56. The predicted molar refractivity (Wildman–Crippen MR) is 160 cm³/mol. The van der Waals surface area contributed by atoms with Gasteiger partial charge in [-0.1, -0.05) is 60.7 Å². The van der Waals surface area contributed by atoms with E-state index in [1.807, 2.05) is 30.8 Å². The normalized spacial score (nSPS) is 20.1. The third kappa shape index (κ3) is 4.49. The van der Waals surface area contributed by atoms with Crippen LogP contribution in [0.25, 0.3) is 22.2 Å². The fourth-order valence-corrected chi connectivity index (χ4v) is 6.49. The summed E-state index contributed by atoms with van der Waals surface area (Å²) in [6.07, 6.45) is 13.4. The summed E-state index contributed by atoms with van der Waals surface area (Å²) in [5.74, 6) is 0.983. The van der Waals surface area contributed by atoms with Crippen molar-refractivity contribution in [1.82, 2.24) is 30.5 Å². The molecule has 0 bridgehead atoms. The number of likely N-dealkylation sites (tertiary alicyclic amines) is 1. The average Bonchev–Trinajstić information content (AvgIpc) is 3.54. The van der Waals surface area contributed by atoms with E-state index < -0.39 is 0 Å². The Morgan fingerprint density at radius 2 is 1.85 bits per heavy atom. The second-order valence-corrected chi connectivity index (χ2v) is 10.9. The van der Waals surface area contributed by atoms with E-state index >= 15 is 0 Å². The molecule has 3 aliphatic heterocycles. The van der Waals surface area contributed by atoms with Gasteiger partial charge in [-0.2, -0.15) is 0 Å². The van der Waals surface area contributed by atoms with Gasteiger partial charge in [0.05, 0.1) is 35.4 Å². The Kier molecular flexibility index (Phi) is 6.14. The maximum atomic E-state index is 5.82. The van der Waals surface area contributed by atoms with E-state index in [0.717, 1.165) is 66.7 Å². The number of piperidine rings is 1. The number of rotatable bonds is 3. The quantitative estimate of drug-likeness (QED) is 0.262. The fourth-order valence-electron chi connectivity index (χ4n) is 6.19. The number of aromatic nitrogens is 3. The predicted octanol–water partition coefficient (Wildman–Crippen LogP) is 5.48. The second-order valence-electron chi connectivity index (χ2n) is 10.5. The lowest BCUT2D eigenvalue weighted by atomic mass is 9.77. The molecule has 5 heterocycles. The van der Waals surface area contributed by atoms with E-state index in [-0.39, 0.29) is 11.6 Å². The van der Waals surface area contributed by atoms with Crippen molar-refractivity contribution >= 4 is 34.4 Å². The molecular weight excluding hydrogens is 502 g/mol. The minimum Gasteiger partial charge on any atom is -0.357 e. The Balaban J connectivity index is 1.17. The molecule has 1 spiro atoms. The number of allylic oxidation sites excluding steroid dienone is 3. The molecule has 1 fully saturated rings. The van der Waals surface area contributed by atoms with Crippen LogP contribution in [0.4, 0.5) is 0 Å². The topological polar surface area (TPSA) is 84.1 Å². The van der Waals surface area contributed by atoms with Gasteiger partial charge in [0.1, 0.15) is 5.82 Å². The highest BCUT2D eigenvalue weighted by molar-refractivity contribution is 7.80. The van der Waals surface area contributed by atoms with Crippen LogP contribution in [0.1, 0.15) is 42.4 Å². The summed E-state index contributed by atoms with van der Waals surface area (Å²) in [6, 6.07) is 19.1. The summed E-state index contributed by atoms with van der Waals surface area (Å²) in [6.45, 7) is 1.72.